The zero-order valence-electron chi connectivity index (χ0n) is 13.1. The van der Waals surface area contributed by atoms with E-state index in [9.17, 15) is 9.90 Å². The number of hydrogen-bond donors (Lipinski definition) is 1. The number of aromatic nitrogens is 2. The summed E-state index contributed by atoms with van der Waals surface area (Å²) in [6.45, 7) is 0.870. The first-order chi connectivity index (χ1) is 11.6. The minimum Gasteiger partial charge on any atom is -0.490 e. The maximum atomic E-state index is 12.5. The lowest BCUT2D eigenvalue weighted by molar-refractivity contribution is -0.0533. The maximum absolute atomic E-state index is 12.5. The van der Waals surface area contributed by atoms with Crippen molar-refractivity contribution < 1.29 is 14.6 Å². The predicted octanol–water partition coefficient (Wildman–Crippen LogP) is 2.18. The lowest BCUT2D eigenvalue weighted by atomic mass is 9.93. The van der Waals surface area contributed by atoms with Crippen molar-refractivity contribution >= 4 is 17.5 Å². The van der Waals surface area contributed by atoms with Gasteiger partial charge in [0.1, 0.15) is 23.7 Å². The average Bonchev–Trinajstić information content (AvgIpc) is 2.60. The highest BCUT2D eigenvalue weighted by Crippen LogP contribution is 2.25. The summed E-state index contributed by atoms with van der Waals surface area (Å²) in [6.07, 6.45) is 5.69. The largest absolute Gasteiger partial charge is 0.490 e. The lowest BCUT2D eigenvalue weighted by Gasteiger charge is -2.38. The molecule has 1 unspecified atom stereocenters. The van der Waals surface area contributed by atoms with E-state index in [2.05, 4.69) is 9.97 Å². The Labute approximate surface area is 145 Å². The highest BCUT2D eigenvalue weighted by atomic mass is 35.5. The van der Waals surface area contributed by atoms with E-state index in [0.717, 1.165) is 0 Å². The van der Waals surface area contributed by atoms with Crippen molar-refractivity contribution in [1.82, 2.24) is 14.9 Å². The van der Waals surface area contributed by atoms with Crippen LogP contribution in [0.5, 0.6) is 5.75 Å². The Bertz CT molecular complexity index is 713. The van der Waals surface area contributed by atoms with Gasteiger partial charge in [0.25, 0.3) is 5.91 Å². The lowest BCUT2D eigenvalue weighted by Crippen LogP contribution is -2.53. The van der Waals surface area contributed by atoms with Crippen molar-refractivity contribution in [3.05, 3.63) is 53.6 Å². The molecule has 2 heterocycles. The fourth-order valence-corrected chi connectivity index (χ4v) is 2.93. The van der Waals surface area contributed by atoms with Gasteiger partial charge in [0.05, 0.1) is 12.7 Å². The number of aliphatic hydroxyl groups is 1. The third kappa shape index (κ3) is 4.01. The van der Waals surface area contributed by atoms with Crippen molar-refractivity contribution in [2.75, 3.05) is 19.7 Å². The van der Waals surface area contributed by atoms with Gasteiger partial charge in [0.15, 0.2) is 0 Å². The molecule has 0 bridgehead atoms. The SMILES string of the molecule is O=C(c1cnccn1)N1CCCC(O)(COc2cccc(Cl)c2)C1. The molecule has 0 radical (unpaired) electrons. The summed E-state index contributed by atoms with van der Waals surface area (Å²) in [5.74, 6) is 0.359. The molecule has 0 saturated carbocycles. The molecule has 3 rings (SSSR count). The van der Waals surface area contributed by atoms with E-state index >= 15 is 0 Å². The van der Waals surface area contributed by atoms with Gasteiger partial charge in [-0.05, 0) is 31.0 Å². The topological polar surface area (TPSA) is 75.6 Å². The molecular weight excluding hydrogens is 330 g/mol. The molecule has 1 N–H and O–H groups in total. The zero-order chi connectivity index (χ0) is 17.0. The first kappa shape index (κ1) is 16.7. The number of piperidine rings is 1. The molecule has 1 aromatic carbocycles. The van der Waals surface area contributed by atoms with E-state index < -0.39 is 5.60 Å². The predicted molar refractivity (Wildman–Crippen MR) is 89.1 cm³/mol. The summed E-state index contributed by atoms with van der Waals surface area (Å²) < 4.78 is 5.66. The van der Waals surface area contributed by atoms with Crippen LogP contribution in [0, 0.1) is 0 Å². The number of β-amino-alcohol motifs (C(OH)–C–C–N with tert-alkyl or cyclic N) is 1. The third-order valence-corrected chi connectivity index (χ3v) is 4.16. The Morgan fingerprint density at radius 1 is 1.42 bits per heavy atom. The molecular formula is C17H18ClN3O3. The minimum absolute atomic E-state index is 0.0948. The number of ether oxygens (including phenoxy) is 1. The molecule has 126 valence electrons. The van der Waals surface area contributed by atoms with Gasteiger partial charge in [0, 0.05) is 24.0 Å². The Balaban J connectivity index is 1.64. The zero-order valence-corrected chi connectivity index (χ0v) is 13.8. The van der Waals surface area contributed by atoms with Gasteiger partial charge in [-0.25, -0.2) is 4.98 Å². The van der Waals surface area contributed by atoms with Crippen molar-refractivity contribution in [2.24, 2.45) is 0 Å². The quantitative estimate of drug-likeness (QED) is 0.917. The first-order valence-electron chi connectivity index (χ1n) is 7.72. The van der Waals surface area contributed by atoms with Crippen LogP contribution in [0.15, 0.2) is 42.9 Å². The Hall–Kier alpha value is -2.18. The summed E-state index contributed by atoms with van der Waals surface area (Å²) in [6, 6.07) is 7.01. The number of rotatable bonds is 4. The molecule has 1 aliphatic rings. The molecule has 2 aromatic rings. The van der Waals surface area contributed by atoms with Gasteiger partial charge in [-0.1, -0.05) is 17.7 Å². The molecule has 0 aliphatic carbocycles. The van der Waals surface area contributed by atoms with Crippen molar-refractivity contribution in [1.29, 1.82) is 0 Å². The number of carbonyl (C=O) groups excluding carboxylic acids is 1. The number of carbonyl (C=O) groups is 1. The highest BCUT2D eigenvalue weighted by Gasteiger charge is 2.36. The van der Waals surface area contributed by atoms with Gasteiger partial charge >= 0.3 is 0 Å². The van der Waals surface area contributed by atoms with E-state index in [1.54, 1.807) is 29.2 Å². The summed E-state index contributed by atoms with van der Waals surface area (Å²) >= 11 is 5.93. The van der Waals surface area contributed by atoms with Gasteiger partial charge in [-0.15, -0.1) is 0 Å². The second-order valence-corrected chi connectivity index (χ2v) is 6.33. The van der Waals surface area contributed by atoms with Crippen LogP contribution in [0.4, 0.5) is 0 Å². The molecule has 1 amide bonds. The highest BCUT2D eigenvalue weighted by molar-refractivity contribution is 6.30. The molecule has 24 heavy (non-hydrogen) atoms. The summed E-state index contributed by atoms with van der Waals surface area (Å²) in [7, 11) is 0. The number of benzene rings is 1. The van der Waals surface area contributed by atoms with E-state index in [0.29, 0.717) is 30.2 Å². The van der Waals surface area contributed by atoms with Crippen molar-refractivity contribution in [2.45, 2.75) is 18.4 Å². The molecule has 7 heteroatoms. The maximum Gasteiger partial charge on any atom is 0.274 e. The van der Waals surface area contributed by atoms with E-state index in [1.165, 1.54) is 18.6 Å². The van der Waals surface area contributed by atoms with Gasteiger partial charge in [0.2, 0.25) is 0 Å². The molecule has 1 saturated heterocycles. The monoisotopic (exact) mass is 347 g/mol. The number of halogens is 1. The number of nitrogens with zero attached hydrogens (tertiary/aromatic N) is 3. The van der Waals surface area contributed by atoms with Crippen LogP contribution in [0.3, 0.4) is 0 Å². The summed E-state index contributed by atoms with van der Waals surface area (Å²) in [5, 5.41) is 11.4. The van der Waals surface area contributed by atoms with Crippen molar-refractivity contribution in [3.63, 3.8) is 0 Å². The van der Waals surface area contributed by atoms with Crippen molar-refractivity contribution in [3.8, 4) is 5.75 Å². The standard InChI is InChI=1S/C17H18ClN3O3/c18-13-3-1-4-14(9-13)24-12-17(23)5-2-8-21(11-17)16(22)15-10-19-6-7-20-15/h1,3-4,6-7,9-10,23H,2,5,8,11-12H2. The third-order valence-electron chi connectivity index (χ3n) is 3.93. The van der Waals surface area contributed by atoms with Gasteiger partial charge in [-0.3, -0.25) is 9.78 Å². The normalized spacial score (nSPS) is 20.7. The van der Waals surface area contributed by atoms with Crippen LogP contribution in [-0.4, -0.2) is 51.2 Å². The molecule has 1 fully saturated rings. The molecule has 6 nitrogen and oxygen atoms in total. The van der Waals surface area contributed by atoms with E-state index in [4.69, 9.17) is 16.3 Å². The van der Waals surface area contributed by atoms with Crippen LogP contribution in [0.2, 0.25) is 5.02 Å². The van der Waals surface area contributed by atoms with E-state index in [-0.39, 0.29) is 24.8 Å². The van der Waals surface area contributed by atoms with Gasteiger partial charge in [-0.2, -0.15) is 0 Å². The molecule has 0 spiro atoms. The second-order valence-electron chi connectivity index (χ2n) is 5.89. The van der Waals surface area contributed by atoms with Crippen LogP contribution < -0.4 is 4.74 Å². The second kappa shape index (κ2) is 7.15. The molecule has 1 aliphatic heterocycles. The molecule has 1 atom stereocenters. The van der Waals surface area contributed by atoms with Crippen LogP contribution in [0.25, 0.3) is 0 Å². The Kier molecular flexibility index (Phi) is 4.97. The number of likely N-dealkylation sites (tertiary alicyclic amines) is 1. The fourth-order valence-electron chi connectivity index (χ4n) is 2.75. The Morgan fingerprint density at radius 2 is 2.29 bits per heavy atom. The van der Waals surface area contributed by atoms with E-state index in [1.807, 2.05) is 0 Å². The van der Waals surface area contributed by atoms with Gasteiger partial charge < -0.3 is 14.7 Å². The van der Waals surface area contributed by atoms with Crippen LogP contribution in [-0.2, 0) is 0 Å². The Morgan fingerprint density at radius 3 is 3.04 bits per heavy atom. The first-order valence-corrected chi connectivity index (χ1v) is 8.10. The van der Waals surface area contributed by atoms with Crippen LogP contribution >= 0.6 is 11.6 Å². The minimum atomic E-state index is -1.10. The average molecular weight is 348 g/mol. The smallest absolute Gasteiger partial charge is 0.274 e. The molecule has 1 aromatic heterocycles. The summed E-state index contributed by atoms with van der Waals surface area (Å²) in [4.78, 5) is 22.0. The fraction of sp³-hybridized carbons (Fsp3) is 0.353. The number of hydrogen-bond acceptors (Lipinski definition) is 5. The summed E-state index contributed by atoms with van der Waals surface area (Å²) in [5.41, 5.74) is -0.823. The van der Waals surface area contributed by atoms with Crippen LogP contribution in [0.1, 0.15) is 23.3 Å². The number of amides is 1.